The Kier molecular flexibility index (Phi) is 7.02. The molecule has 0 aromatic rings. The van der Waals surface area contributed by atoms with E-state index in [1.54, 1.807) is 6.92 Å². The Balaban J connectivity index is 1.17. The van der Waals surface area contributed by atoms with Crippen LogP contribution in [0.4, 0.5) is 0 Å². The maximum atomic E-state index is 12.4. The van der Waals surface area contributed by atoms with Crippen LogP contribution < -0.4 is 0 Å². The van der Waals surface area contributed by atoms with Gasteiger partial charge < -0.3 is 39.4 Å². The zero-order chi connectivity index (χ0) is 27.9. The number of fused-ring (bicyclic) bond motifs is 5. The fourth-order valence-corrected chi connectivity index (χ4v) is 10.2. The number of cyclic esters (lactones) is 1. The van der Waals surface area contributed by atoms with Crippen LogP contribution in [0.2, 0.25) is 0 Å². The van der Waals surface area contributed by atoms with Crippen LogP contribution in [0.1, 0.15) is 72.1 Å². The van der Waals surface area contributed by atoms with Crippen molar-refractivity contribution in [2.24, 2.45) is 34.5 Å². The van der Waals surface area contributed by atoms with Crippen LogP contribution in [0.3, 0.4) is 0 Å². The first-order valence-electron chi connectivity index (χ1n) is 14.9. The second-order valence-corrected chi connectivity index (χ2v) is 13.9. The minimum atomic E-state index is -1.06. The van der Waals surface area contributed by atoms with Gasteiger partial charge in [-0.1, -0.05) is 13.8 Å². The zero-order valence-corrected chi connectivity index (χ0v) is 23.6. The summed E-state index contributed by atoms with van der Waals surface area (Å²) in [5, 5.41) is 44.7. The average Bonchev–Trinajstić information content (AvgIpc) is 3.39. The summed E-state index contributed by atoms with van der Waals surface area (Å²) >= 11 is 0. The SMILES string of the molecule is CO[C@H]1[C@@H](O)[C@@H](C)O[C@@H](O[C@H]2CC[C@@]3(C)[C@H](CC[C@@H]4[C@@H]3CC[C@]3(C)[C@@H](C5=CC(=O)OC5)[C@H](O)C[C@]43O)C2)[C@@H]1O. The molecule has 0 radical (unpaired) electrons. The highest BCUT2D eigenvalue weighted by molar-refractivity contribution is 5.85. The lowest BCUT2D eigenvalue weighted by Crippen LogP contribution is -2.62. The van der Waals surface area contributed by atoms with E-state index in [0.717, 1.165) is 50.5 Å². The van der Waals surface area contributed by atoms with Crippen molar-refractivity contribution in [3.05, 3.63) is 11.6 Å². The van der Waals surface area contributed by atoms with Crippen molar-refractivity contribution in [1.82, 2.24) is 0 Å². The molecule has 14 atom stereocenters. The van der Waals surface area contributed by atoms with Gasteiger partial charge in [0.25, 0.3) is 0 Å². The number of hydrogen-bond donors (Lipinski definition) is 4. The number of ether oxygens (including phenoxy) is 4. The van der Waals surface area contributed by atoms with E-state index >= 15 is 0 Å². The van der Waals surface area contributed by atoms with Crippen LogP contribution in [0.25, 0.3) is 0 Å². The number of aliphatic hydroxyl groups excluding tert-OH is 3. The van der Waals surface area contributed by atoms with Gasteiger partial charge in [0, 0.05) is 30.9 Å². The number of esters is 1. The predicted octanol–water partition coefficient (Wildman–Crippen LogP) is 2.08. The quantitative estimate of drug-likeness (QED) is 0.307. The lowest BCUT2D eigenvalue weighted by molar-refractivity contribution is -0.313. The van der Waals surface area contributed by atoms with Crippen LogP contribution >= 0.6 is 0 Å². The molecule has 4 aliphatic carbocycles. The molecule has 0 aromatic carbocycles. The van der Waals surface area contributed by atoms with Crippen molar-refractivity contribution < 1.29 is 44.2 Å². The molecular weight excluding hydrogens is 504 g/mol. The molecule has 39 heavy (non-hydrogen) atoms. The van der Waals surface area contributed by atoms with Gasteiger partial charge in [-0.2, -0.15) is 0 Å². The van der Waals surface area contributed by atoms with Crippen molar-refractivity contribution in [2.45, 2.75) is 121 Å². The third-order valence-corrected chi connectivity index (χ3v) is 12.3. The fourth-order valence-electron chi connectivity index (χ4n) is 10.2. The fraction of sp³-hybridized carbons (Fsp3) is 0.900. The van der Waals surface area contributed by atoms with Gasteiger partial charge in [-0.05, 0) is 80.6 Å². The molecule has 6 rings (SSSR count). The van der Waals surface area contributed by atoms with Crippen LogP contribution in [0.5, 0.6) is 0 Å². The molecule has 2 aliphatic heterocycles. The molecule has 0 amide bonds. The number of rotatable bonds is 4. The molecule has 9 heteroatoms. The van der Waals surface area contributed by atoms with Crippen LogP contribution in [-0.4, -0.2) is 88.6 Å². The van der Waals surface area contributed by atoms with Gasteiger partial charge >= 0.3 is 5.97 Å². The molecule has 5 fully saturated rings. The highest BCUT2D eigenvalue weighted by Crippen LogP contribution is 2.70. The Hall–Kier alpha value is -1.07. The summed E-state index contributed by atoms with van der Waals surface area (Å²) in [6, 6.07) is 0. The summed E-state index contributed by atoms with van der Waals surface area (Å²) in [4.78, 5) is 11.8. The Morgan fingerprint density at radius 1 is 1.03 bits per heavy atom. The Morgan fingerprint density at radius 3 is 2.49 bits per heavy atom. The van der Waals surface area contributed by atoms with Gasteiger partial charge in [0.15, 0.2) is 6.29 Å². The maximum absolute atomic E-state index is 12.4. The monoisotopic (exact) mass is 550 g/mol. The van der Waals surface area contributed by atoms with Crippen molar-refractivity contribution in [3.63, 3.8) is 0 Å². The molecule has 9 nitrogen and oxygen atoms in total. The molecule has 0 unspecified atom stereocenters. The van der Waals surface area contributed by atoms with Crippen LogP contribution in [-0.2, 0) is 23.7 Å². The summed E-state index contributed by atoms with van der Waals surface area (Å²) in [7, 11) is 1.48. The van der Waals surface area contributed by atoms with Gasteiger partial charge in [-0.25, -0.2) is 4.79 Å². The molecule has 6 aliphatic rings. The molecule has 0 bridgehead atoms. The number of carbonyl (C=O) groups excluding carboxylic acids is 1. The number of aliphatic hydroxyl groups is 4. The van der Waals surface area contributed by atoms with E-state index in [1.165, 1.54) is 13.2 Å². The van der Waals surface area contributed by atoms with Crippen molar-refractivity contribution in [3.8, 4) is 0 Å². The van der Waals surface area contributed by atoms with Gasteiger partial charge in [-0.15, -0.1) is 0 Å². The first-order valence-corrected chi connectivity index (χ1v) is 14.9. The number of carbonyl (C=O) groups is 1. The molecule has 4 saturated carbocycles. The number of methoxy groups -OCH3 is 1. The normalized spacial score (nSPS) is 55.3. The summed E-state index contributed by atoms with van der Waals surface area (Å²) in [6.07, 6.45) is 3.40. The lowest BCUT2D eigenvalue weighted by Gasteiger charge is -2.63. The van der Waals surface area contributed by atoms with E-state index in [0.29, 0.717) is 18.3 Å². The van der Waals surface area contributed by atoms with E-state index in [2.05, 4.69) is 13.8 Å². The Labute approximate surface area is 230 Å². The molecule has 0 aromatic heterocycles. The number of hydrogen-bond acceptors (Lipinski definition) is 9. The summed E-state index contributed by atoms with van der Waals surface area (Å²) < 4.78 is 22.7. The van der Waals surface area contributed by atoms with Crippen molar-refractivity contribution in [2.75, 3.05) is 13.7 Å². The summed E-state index contributed by atoms with van der Waals surface area (Å²) in [6.45, 7) is 6.48. The van der Waals surface area contributed by atoms with E-state index in [1.807, 2.05) is 0 Å². The zero-order valence-electron chi connectivity index (χ0n) is 23.6. The first kappa shape index (κ1) is 28.1. The van der Waals surface area contributed by atoms with Gasteiger partial charge in [0.2, 0.25) is 0 Å². The third kappa shape index (κ3) is 4.09. The topological polar surface area (TPSA) is 135 Å². The average molecular weight is 551 g/mol. The smallest absolute Gasteiger partial charge is 0.331 e. The Morgan fingerprint density at radius 2 is 1.79 bits per heavy atom. The molecule has 0 spiro atoms. The van der Waals surface area contributed by atoms with E-state index < -0.39 is 47.8 Å². The molecule has 220 valence electrons. The van der Waals surface area contributed by atoms with Gasteiger partial charge in [0.05, 0.1) is 23.9 Å². The van der Waals surface area contributed by atoms with Gasteiger partial charge in [0.1, 0.15) is 24.9 Å². The minimum absolute atomic E-state index is 0.0547. The largest absolute Gasteiger partial charge is 0.458 e. The second-order valence-electron chi connectivity index (χ2n) is 13.9. The van der Waals surface area contributed by atoms with Crippen LogP contribution in [0.15, 0.2) is 11.6 Å². The van der Waals surface area contributed by atoms with Crippen molar-refractivity contribution in [1.29, 1.82) is 0 Å². The second kappa shape index (κ2) is 9.75. The van der Waals surface area contributed by atoms with Crippen molar-refractivity contribution >= 4 is 5.97 Å². The lowest BCUT2D eigenvalue weighted by atomic mass is 9.43. The van der Waals surface area contributed by atoms with Gasteiger partial charge in [-0.3, -0.25) is 0 Å². The van der Waals surface area contributed by atoms with E-state index in [-0.39, 0.29) is 35.9 Å². The van der Waals surface area contributed by atoms with E-state index in [9.17, 15) is 25.2 Å². The van der Waals surface area contributed by atoms with Crippen LogP contribution in [0, 0.1) is 34.5 Å². The third-order valence-electron chi connectivity index (χ3n) is 12.3. The summed E-state index contributed by atoms with van der Waals surface area (Å²) in [5.74, 6) is 0.260. The Bertz CT molecular complexity index is 1000. The highest BCUT2D eigenvalue weighted by Gasteiger charge is 2.70. The minimum Gasteiger partial charge on any atom is -0.458 e. The molecule has 2 heterocycles. The van der Waals surface area contributed by atoms with E-state index in [4.69, 9.17) is 18.9 Å². The summed E-state index contributed by atoms with van der Waals surface area (Å²) in [5.41, 5.74) is -0.601. The maximum Gasteiger partial charge on any atom is 0.331 e. The first-order chi connectivity index (χ1) is 18.4. The molecule has 1 saturated heterocycles. The highest BCUT2D eigenvalue weighted by atomic mass is 16.7. The molecule has 4 N–H and O–H groups in total. The standard InChI is InChI=1S/C30H46O9/c1-15-24(33)26(36-4)25(34)27(38-15)39-18-7-9-28(2)17(12-18)5-6-20-19(28)8-10-29(3)23(16-11-22(32)37-14-16)21(31)13-30(20,29)35/h11,15,17-21,23-27,31,33-35H,5-10,12-14H2,1-4H3/t15-,17-,18+,19+,20-,21-,23+,24+,25-,26+,27+,28+,29-,30+/m1/s1. The predicted molar refractivity (Wildman–Crippen MR) is 139 cm³/mol. The molecular formula is C30H46O9.